The highest BCUT2D eigenvalue weighted by atomic mass is 33.1. The number of hydrogen-bond acceptors (Lipinski definition) is 11. The van der Waals surface area contributed by atoms with Crippen LogP contribution in [0.5, 0.6) is 23.0 Å². The predicted molar refractivity (Wildman–Crippen MR) is 248 cm³/mol. The molecule has 0 aromatic heterocycles. The van der Waals surface area contributed by atoms with E-state index in [9.17, 15) is 9.59 Å². The Morgan fingerprint density at radius 2 is 1.16 bits per heavy atom. The van der Waals surface area contributed by atoms with Crippen LogP contribution in [0.15, 0.2) is 91.0 Å². The fourth-order valence-corrected chi connectivity index (χ4v) is 11.4. The Labute approximate surface area is 365 Å². The van der Waals surface area contributed by atoms with Gasteiger partial charge in [0.1, 0.15) is 13.2 Å². The van der Waals surface area contributed by atoms with Gasteiger partial charge in [0, 0.05) is 60.6 Å². The van der Waals surface area contributed by atoms with Crippen molar-refractivity contribution in [3.8, 4) is 23.0 Å². The van der Waals surface area contributed by atoms with E-state index in [0.717, 1.165) is 59.0 Å². The molecule has 9 rings (SSSR count). The molecule has 61 heavy (non-hydrogen) atoms. The van der Waals surface area contributed by atoms with Gasteiger partial charge >= 0.3 is 0 Å². The third-order valence-electron chi connectivity index (χ3n) is 11.9. The van der Waals surface area contributed by atoms with Crippen molar-refractivity contribution in [1.82, 2.24) is 0 Å². The summed E-state index contributed by atoms with van der Waals surface area (Å²) in [5, 5.41) is 7.07. The average Bonchev–Trinajstić information content (AvgIpc) is 3.75. The molecule has 5 aromatic rings. The van der Waals surface area contributed by atoms with Gasteiger partial charge in [-0.1, -0.05) is 58.0 Å². The summed E-state index contributed by atoms with van der Waals surface area (Å²) in [4.78, 5) is 34.2. The van der Waals surface area contributed by atoms with Crippen LogP contribution in [0.25, 0.3) is 0 Å². The van der Waals surface area contributed by atoms with Crippen molar-refractivity contribution in [1.29, 1.82) is 0 Å². The van der Waals surface area contributed by atoms with Gasteiger partial charge in [0.2, 0.25) is 0 Å². The largest absolute Gasteiger partial charge is 0.493 e. The first-order valence-electron chi connectivity index (χ1n) is 20.6. The summed E-state index contributed by atoms with van der Waals surface area (Å²) in [6, 6.07) is 30.0. The Balaban J connectivity index is 0.978. The molecule has 0 radical (unpaired) electrons. The van der Waals surface area contributed by atoms with E-state index in [1.54, 1.807) is 37.1 Å². The molecule has 1 unspecified atom stereocenters. The number of ether oxygens (including phenoxy) is 4. The summed E-state index contributed by atoms with van der Waals surface area (Å²) in [7, 11) is 8.92. The highest BCUT2D eigenvalue weighted by Gasteiger charge is 2.39. The van der Waals surface area contributed by atoms with Crippen LogP contribution < -0.4 is 44.3 Å². The summed E-state index contributed by atoms with van der Waals surface area (Å²) < 4.78 is 24.8. The average molecular weight is 858 g/mol. The molecule has 13 heteroatoms. The van der Waals surface area contributed by atoms with Crippen molar-refractivity contribution in [2.45, 2.75) is 56.7 Å². The highest BCUT2D eigenvalue weighted by Crippen LogP contribution is 2.43. The van der Waals surface area contributed by atoms with E-state index in [1.807, 2.05) is 69.1 Å². The van der Waals surface area contributed by atoms with Crippen molar-refractivity contribution in [3.05, 3.63) is 124 Å². The van der Waals surface area contributed by atoms with Gasteiger partial charge in [-0.15, -0.1) is 0 Å². The van der Waals surface area contributed by atoms with Gasteiger partial charge in [0.15, 0.2) is 23.0 Å². The number of carbonyl (C=O) groups is 2. The smallest absolute Gasteiger partial charge is 0.260 e. The first kappa shape index (κ1) is 40.7. The number of benzene rings is 5. The Morgan fingerprint density at radius 1 is 0.689 bits per heavy atom. The molecule has 0 saturated carbocycles. The van der Waals surface area contributed by atoms with Gasteiger partial charge in [-0.05, 0) is 97.7 Å². The molecule has 5 aromatic carbocycles. The van der Waals surface area contributed by atoms with Crippen LogP contribution in [-0.4, -0.2) is 75.8 Å². The Morgan fingerprint density at radius 3 is 1.62 bits per heavy atom. The molecule has 4 aliphatic rings. The van der Waals surface area contributed by atoms with E-state index < -0.39 is 0 Å². The Bertz CT molecular complexity index is 2360. The fourth-order valence-electron chi connectivity index (χ4n) is 9.19. The van der Waals surface area contributed by atoms with Crippen LogP contribution in [0.3, 0.4) is 0 Å². The first-order valence-corrected chi connectivity index (χ1v) is 23.2. The quantitative estimate of drug-likeness (QED) is 0.111. The number of carbonyl (C=O) groups excluding carboxylic acids is 2. The van der Waals surface area contributed by atoms with Gasteiger partial charge in [-0.2, -0.15) is 0 Å². The highest BCUT2D eigenvalue weighted by molar-refractivity contribution is 8.77. The standard InChI is InChI=1S/C48H51N5O6S2/c1-48(2,61-60-6)28-51(3)33-16-29(26-58-44-22-38-36(20-42(44)56-4)46(54)52-34(24-49-38)18-31-11-7-9-13-40(31)52)15-30(17-33)27-59-45-23-39-37(21-43(45)57-5)47(55)53-35(25-50-39)19-32-12-8-10-14-41(32)53/h7-17,20-23,34-35,49-50H,18-19,24-28H2,1-6H3/t34-,35?/m0/s1. The molecule has 0 spiro atoms. The summed E-state index contributed by atoms with van der Waals surface area (Å²) in [5.41, 5.74) is 9.75. The number of nitrogens with one attached hydrogen (secondary N) is 2. The number of nitrogens with zero attached hydrogens (tertiary/aromatic N) is 3. The maximum atomic E-state index is 14.0. The van der Waals surface area contributed by atoms with Gasteiger partial charge in [-0.25, -0.2) is 0 Å². The molecule has 0 aliphatic carbocycles. The molecule has 0 fully saturated rings. The van der Waals surface area contributed by atoms with Crippen molar-refractivity contribution < 1.29 is 28.5 Å². The fraction of sp³-hybridized carbons (Fsp3) is 0.333. The molecule has 4 aliphatic heterocycles. The summed E-state index contributed by atoms with van der Waals surface area (Å²) in [6.07, 6.45) is 3.71. The molecule has 4 heterocycles. The minimum Gasteiger partial charge on any atom is -0.493 e. The Hall–Kier alpha value is -5.66. The van der Waals surface area contributed by atoms with E-state index in [2.05, 4.69) is 73.0 Å². The zero-order valence-electron chi connectivity index (χ0n) is 35.4. The number of fused-ring (bicyclic) bond motifs is 8. The SMILES string of the molecule is COc1cc2c(cc1OCc1cc(COc3cc4c(cc3OC)C(=O)N3c5ccccc5C[C@H]3CN4)cc(N(C)CC(C)(C)SSC)c1)NCC1Cc3ccccc3N1C2=O. The van der Waals surface area contributed by atoms with E-state index >= 15 is 0 Å². The van der Waals surface area contributed by atoms with Crippen LogP contribution in [0.2, 0.25) is 0 Å². The molecule has 2 N–H and O–H groups in total. The van der Waals surface area contributed by atoms with Gasteiger partial charge in [-0.3, -0.25) is 9.59 Å². The molecular formula is C48H51N5O6S2. The molecule has 0 bridgehead atoms. The van der Waals surface area contributed by atoms with Crippen molar-refractivity contribution in [2.24, 2.45) is 0 Å². The maximum absolute atomic E-state index is 14.0. The minimum absolute atomic E-state index is 0.00902. The normalized spacial score (nSPS) is 17.3. The summed E-state index contributed by atoms with van der Waals surface area (Å²) >= 11 is 0. The van der Waals surface area contributed by atoms with E-state index in [1.165, 1.54) is 11.1 Å². The first-order chi connectivity index (χ1) is 29.5. The molecule has 2 amide bonds. The topological polar surface area (TPSA) is 105 Å². The monoisotopic (exact) mass is 857 g/mol. The summed E-state index contributed by atoms with van der Waals surface area (Å²) in [5.74, 6) is 1.95. The lowest BCUT2D eigenvalue weighted by Crippen LogP contribution is -2.39. The zero-order valence-corrected chi connectivity index (χ0v) is 37.0. The molecule has 11 nitrogen and oxygen atoms in total. The van der Waals surface area contributed by atoms with Gasteiger partial charge in [0.25, 0.3) is 11.8 Å². The second-order valence-electron chi connectivity index (χ2n) is 16.6. The van der Waals surface area contributed by atoms with Crippen molar-refractivity contribution in [3.63, 3.8) is 0 Å². The number of rotatable bonds is 13. The minimum atomic E-state index is -0.0534. The third kappa shape index (κ3) is 7.89. The molecule has 0 saturated heterocycles. The lowest BCUT2D eigenvalue weighted by atomic mass is 10.1. The molecular weight excluding hydrogens is 807 g/mol. The number of anilines is 5. The van der Waals surface area contributed by atoms with Crippen LogP contribution >= 0.6 is 21.6 Å². The second kappa shape index (κ2) is 16.7. The van der Waals surface area contributed by atoms with E-state index in [4.69, 9.17) is 18.9 Å². The van der Waals surface area contributed by atoms with Crippen LogP contribution in [-0.2, 0) is 26.1 Å². The van der Waals surface area contributed by atoms with Crippen LogP contribution in [0.4, 0.5) is 28.4 Å². The number of hydrogen-bond donors (Lipinski definition) is 2. The lowest BCUT2D eigenvalue weighted by molar-refractivity contribution is 0.0975. The van der Waals surface area contributed by atoms with Gasteiger partial charge < -0.3 is 44.3 Å². The van der Waals surface area contributed by atoms with Crippen LogP contribution in [0.1, 0.15) is 56.8 Å². The second-order valence-corrected chi connectivity index (χ2v) is 19.7. The van der Waals surface area contributed by atoms with Crippen molar-refractivity contribution in [2.75, 3.05) is 72.5 Å². The molecule has 316 valence electrons. The number of amides is 2. The van der Waals surface area contributed by atoms with Crippen molar-refractivity contribution >= 4 is 61.8 Å². The zero-order chi connectivity index (χ0) is 42.4. The summed E-state index contributed by atoms with van der Waals surface area (Å²) in [6.45, 7) is 7.05. The number of para-hydroxylation sites is 2. The Kier molecular flexibility index (Phi) is 11.1. The lowest BCUT2D eigenvalue weighted by Gasteiger charge is -2.31. The van der Waals surface area contributed by atoms with E-state index in [0.29, 0.717) is 47.2 Å². The van der Waals surface area contributed by atoms with Gasteiger partial charge in [0.05, 0.1) is 48.8 Å². The number of methoxy groups -OCH3 is 2. The van der Waals surface area contributed by atoms with Crippen LogP contribution in [0, 0.1) is 0 Å². The maximum Gasteiger partial charge on any atom is 0.260 e. The molecule has 2 atom stereocenters. The predicted octanol–water partition coefficient (Wildman–Crippen LogP) is 9.08. The third-order valence-corrected chi connectivity index (χ3v) is 14.5. The van der Waals surface area contributed by atoms with E-state index in [-0.39, 0.29) is 41.9 Å².